The van der Waals surface area contributed by atoms with Crippen molar-refractivity contribution in [3.8, 4) is 11.5 Å². The number of benzene rings is 4. The zero-order valence-electron chi connectivity index (χ0n) is 21.5. The largest absolute Gasteiger partial charge is 0.505 e. The van der Waals surface area contributed by atoms with Crippen LogP contribution >= 0.6 is 0 Å². The fourth-order valence-electron chi connectivity index (χ4n) is 3.94. The summed E-state index contributed by atoms with van der Waals surface area (Å²) < 4.78 is 39.7. The molecule has 11 heteroatoms. The molecule has 0 amide bonds. The van der Waals surface area contributed by atoms with Crippen LogP contribution in [0.2, 0.25) is 0 Å². The lowest BCUT2D eigenvalue weighted by molar-refractivity contribution is 0.415. The fraction of sp³-hybridized carbons (Fsp3) is 0.185. The molecule has 0 fully saturated rings. The van der Waals surface area contributed by atoms with E-state index in [0.717, 1.165) is 16.7 Å². The van der Waals surface area contributed by atoms with Gasteiger partial charge in [-0.05, 0) is 86.2 Å². The maximum atomic E-state index is 12.2. The smallest absolute Gasteiger partial charge is 0.296 e. The van der Waals surface area contributed by atoms with E-state index < -0.39 is 15.0 Å². The molecular formula is C27H27N5O5S. The number of fused-ring (bicyclic) bond motifs is 1. The van der Waals surface area contributed by atoms with E-state index in [1.807, 2.05) is 45.0 Å². The number of nitrogen functional groups attached to an aromatic ring is 1. The van der Waals surface area contributed by atoms with Gasteiger partial charge in [-0.15, -0.1) is 15.3 Å². The summed E-state index contributed by atoms with van der Waals surface area (Å²) in [6.45, 7) is 7.48. The van der Waals surface area contributed by atoms with Crippen molar-refractivity contribution < 1.29 is 22.8 Å². The number of ether oxygens (including phenoxy) is 1. The van der Waals surface area contributed by atoms with Crippen LogP contribution in [-0.2, 0) is 10.1 Å². The van der Waals surface area contributed by atoms with Crippen LogP contribution in [0.25, 0.3) is 10.8 Å². The number of anilines is 1. The Balaban J connectivity index is 1.91. The monoisotopic (exact) mass is 533 g/mol. The highest BCUT2D eigenvalue weighted by Gasteiger charge is 2.24. The van der Waals surface area contributed by atoms with Gasteiger partial charge in [-0.25, -0.2) is 0 Å². The van der Waals surface area contributed by atoms with Gasteiger partial charge in [0.1, 0.15) is 27.7 Å². The molecule has 4 N–H and O–H groups in total. The average Bonchev–Trinajstić information content (AvgIpc) is 2.85. The Morgan fingerprint density at radius 3 is 2.08 bits per heavy atom. The molecule has 0 saturated heterocycles. The topological polar surface area (TPSA) is 159 Å². The van der Waals surface area contributed by atoms with Gasteiger partial charge in [-0.3, -0.25) is 4.55 Å². The highest BCUT2D eigenvalue weighted by atomic mass is 32.2. The predicted octanol–water partition coefficient (Wildman–Crippen LogP) is 7.45. The van der Waals surface area contributed by atoms with Gasteiger partial charge in [0.2, 0.25) is 0 Å². The second kappa shape index (κ2) is 10.2. The van der Waals surface area contributed by atoms with Crippen molar-refractivity contribution in [3.05, 3.63) is 70.8 Å². The van der Waals surface area contributed by atoms with Gasteiger partial charge in [0.05, 0.1) is 23.9 Å². The lowest BCUT2D eigenvalue weighted by atomic mass is 10.0. The van der Waals surface area contributed by atoms with Crippen LogP contribution in [0.4, 0.5) is 28.4 Å². The van der Waals surface area contributed by atoms with Crippen LogP contribution in [-0.4, -0.2) is 25.2 Å². The Hall–Kier alpha value is -4.35. The van der Waals surface area contributed by atoms with Gasteiger partial charge >= 0.3 is 0 Å². The van der Waals surface area contributed by atoms with E-state index in [9.17, 15) is 18.1 Å². The quantitative estimate of drug-likeness (QED) is 0.133. The Kier molecular flexibility index (Phi) is 7.16. The number of phenols is 1. The molecule has 4 aromatic rings. The van der Waals surface area contributed by atoms with E-state index in [0.29, 0.717) is 22.7 Å². The number of hydrogen-bond acceptors (Lipinski definition) is 9. The number of aromatic hydroxyl groups is 1. The van der Waals surface area contributed by atoms with Gasteiger partial charge < -0.3 is 15.6 Å². The zero-order chi connectivity index (χ0) is 27.8. The normalized spacial score (nSPS) is 12.2. The maximum Gasteiger partial charge on any atom is 0.296 e. The SMILES string of the molecule is COc1cc(C)c(C)cc1N=Nc1c(C)cc2cc(S(=O)(=O)O)c(N=Nc3ccc(C)cc3)c(N)c2c1O. The number of rotatable bonds is 6. The van der Waals surface area contributed by atoms with Gasteiger partial charge in [0.15, 0.2) is 5.75 Å². The summed E-state index contributed by atoms with van der Waals surface area (Å²) in [4.78, 5) is -0.536. The van der Waals surface area contributed by atoms with Crippen molar-refractivity contribution in [2.75, 3.05) is 12.8 Å². The van der Waals surface area contributed by atoms with E-state index in [2.05, 4.69) is 20.5 Å². The highest BCUT2D eigenvalue weighted by Crippen LogP contribution is 2.47. The van der Waals surface area contributed by atoms with Gasteiger partial charge in [0.25, 0.3) is 10.1 Å². The molecule has 10 nitrogen and oxygen atoms in total. The summed E-state index contributed by atoms with van der Waals surface area (Å²) in [5.41, 5.74) is 10.4. The first-order chi connectivity index (χ1) is 17.9. The predicted molar refractivity (Wildman–Crippen MR) is 147 cm³/mol. The Morgan fingerprint density at radius 2 is 1.45 bits per heavy atom. The van der Waals surface area contributed by atoms with Gasteiger partial charge in [-0.1, -0.05) is 17.7 Å². The molecule has 4 rings (SSSR count). The number of methoxy groups -OCH3 is 1. The summed E-state index contributed by atoms with van der Waals surface area (Å²) in [6.07, 6.45) is 0. The molecule has 0 aliphatic carbocycles. The Bertz CT molecular complexity index is 1730. The van der Waals surface area contributed by atoms with Crippen molar-refractivity contribution in [1.29, 1.82) is 0 Å². The third-order valence-corrected chi connectivity index (χ3v) is 7.04. The molecule has 38 heavy (non-hydrogen) atoms. The van der Waals surface area contributed by atoms with E-state index in [-0.39, 0.29) is 33.6 Å². The minimum Gasteiger partial charge on any atom is -0.505 e. The van der Waals surface area contributed by atoms with E-state index in [1.165, 1.54) is 13.2 Å². The number of aryl methyl sites for hydroxylation is 4. The fourth-order valence-corrected chi connectivity index (χ4v) is 4.61. The summed E-state index contributed by atoms with van der Waals surface area (Å²) >= 11 is 0. The van der Waals surface area contributed by atoms with Crippen molar-refractivity contribution >= 4 is 49.3 Å². The maximum absolute atomic E-state index is 12.2. The molecule has 0 bridgehead atoms. The number of azo groups is 2. The number of hydrogen-bond donors (Lipinski definition) is 3. The zero-order valence-corrected chi connectivity index (χ0v) is 22.3. The summed E-state index contributed by atoms with van der Waals surface area (Å²) in [5.74, 6) is 0.198. The van der Waals surface area contributed by atoms with Crippen molar-refractivity contribution in [2.24, 2.45) is 20.5 Å². The minimum atomic E-state index is -4.73. The Morgan fingerprint density at radius 1 is 0.816 bits per heavy atom. The molecule has 0 spiro atoms. The molecule has 0 aliphatic heterocycles. The first-order valence-electron chi connectivity index (χ1n) is 11.5. The molecule has 196 valence electrons. The Labute approximate surface area is 220 Å². The van der Waals surface area contributed by atoms with Crippen LogP contribution in [0.3, 0.4) is 0 Å². The molecule has 0 radical (unpaired) electrons. The van der Waals surface area contributed by atoms with Crippen molar-refractivity contribution in [3.63, 3.8) is 0 Å². The molecule has 0 atom stereocenters. The van der Waals surface area contributed by atoms with Crippen LogP contribution in [0.15, 0.2) is 73.9 Å². The van der Waals surface area contributed by atoms with E-state index >= 15 is 0 Å². The van der Waals surface area contributed by atoms with Crippen LogP contribution < -0.4 is 10.5 Å². The van der Waals surface area contributed by atoms with Crippen molar-refractivity contribution in [2.45, 2.75) is 32.6 Å². The molecule has 0 saturated carbocycles. The molecule has 0 aromatic heterocycles. The minimum absolute atomic E-state index is 0.0989. The second-order valence-corrected chi connectivity index (χ2v) is 10.3. The summed E-state index contributed by atoms with van der Waals surface area (Å²) in [7, 11) is -3.20. The molecule has 0 heterocycles. The summed E-state index contributed by atoms with van der Waals surface area (Å²) in [5, 5.41) is 28.2. The first kappa shape index (κ1) is 26.7. The van der Waals surface area contributed by atoms with E-state index in [4.69, 9.17) is 10.5 Å². The standard InChI is InChI=1S/C27H27N5O5S/c1-14-6-8-19(9-7-14)29-32-26-22(38(34,35)36)13-18-10-17(4)25(27(33)23(18)24(26)28)31-30-20-11-15(2)16(3)12-21(20)37-5/h6-13,33H,28H2,1-5H3,(H,34,35,36). The van der Waals surface area contributed by atoms with Crippen LogP contribution in [0.1, 0.15) is 22.3 Å². The van der Waals surface area contributed by atoms with E-state index in [1.54, 1.807) is 25.1 Å². The van der Waals surface area contributed by atoms with Crippen LogP contribution in [0.5, 0.6) is 11.5 Å². The number of nitrogens with zero attached hydrogens (tertiary/aromatic N) is 4. The average molecular weight is 534 g/mol. The highest BCUT2D eigenvalue weighted by molar-refractivity contribution is 7.86. The van der Waals surface area contributed by atoms with Crippen molar-refractivity contribution in [1.82, 2.24) is 0 Å². The number of phenolic OH excluding ortho intramolecular Hbond substituents is 1. The lowest BCUT2D eigenvalue weighted by Gasteiger charge is -2.14. The van der Waals surface area contributed by atoms with Gasteiger partial charge in [0, 0.05) is 0 Å². The van der Waals surface area contributed by atoms with Gasteiger partial charge in [-0.2, -0.15) is 13.5 Å². The third-order valence-electron chi connectivity index (χ3n) is 6.17. The lowest BCUT2D eigenvalue weighted by Crippen LogP contribution is -2.02. The third kappa shape index (κ3) is 5.20. The molecule has 0 unspecified atom stereocenters. The molecule has 4 aromatic carbocycles. The second-order valence-electron chi connectivity index (χ2n) is 8.94. The molecular weight excluding hydrogens is 506 g/mol. The molecule has 0 aliphatic rings. The summed E-state index contributed by atoms with van der Waals surface area (Å²) in [6, 6.07) is 13.5. The van der Waals surface area contributed by atoms with Crippen LogP contribution in [0, 0.1) is 27.7 Å². The number of nitrogens with two attached hydrogens (primary N) is 1. The first-order valence-corrected chi connectivity index (χ1v) is 13.0.